The van der Waals surface area contributed by atoms with E-state index < -0.39 is 15.9 Å². The molecule has 2 amide bonds. The van der Waals surface area contributed by atoms with Gasteiger partial charge in [-0.1, -0.05) is 24.3 Å². The van der Waals surface area contributed by atoms with Crippen LogP contribution in [0.1, 0.15) is 26.3 Å². The maximum Gasteiger partial charge on any atom is 0.255 e. The van der Waals surface area contributed by atoms with Crippen LogP contribution in [-0.4, -0.2) is 34.4 Å². The van der Waals surface area contributed by atoms with Crippen molar-refractivity contribution in [3.63, 3.8) is 0 Å². The summed E-state index contributed by atoms with van der Waals surface area (Å²) in [5.74, 6) is -0.136. The van der Waals surface area contributed by atoms with Gasteiger partial charge in [-0.25, -0.2) is 13.1 Å². The number of para-hydroxylation sites is 1. The Hall–Kier alpha value is -3.69. The number of hydrogen-bond donors (Lipinski definition) is 3. The van der Waals surface area contributed by atoms with E-state index in [1.54, 1.807) is 67.8 Å². The quantitative estimate of drug-likeness (QED) is 0.485. The Kier molecular flexibility index (Phi) is 7.24. The number of sulfonamides is 1. The number of amides is 2. The Balaban J connectivity index is 1.72. The highest BCUT2D eigenvalue weighted by Crippen LogP contribution is 2.18. The lowest BCUT2D eigenvalue weighted by Gasteiger charge is -2.12. The number of hydrogen-bond acceptors (Lipinski definition) is 5. The van der Waals surface area contributed by atoms with Crippen LogP contribution in [0.2, 0.25) is 0 Å². The molecule has 0 atom stereocenters. The van der Waals surface area contributed by atoms with E-state index in [0.29, 0.717) is 22.6 Å². The second-order valence-electron chi connectivity index (χ2n) is 6.77. The zero-order valence-corrected chi connectivity index (χ0v) is 18.4. The molecule has 0 aromatic heterocycles. The number of methoxy groups -OCH3 is 1. The third-order valence-corrected chi connectivity index (χ3v) is 6.11. The number of ether oxygens (including phenoxy) is 1. The monoisotopic (exact) mass is 453 g/mol. The summed E-state index contributed by atoms with van der Waals surface area (Å²) in [6.45, 7) is 0.118. The van der Waals surface area contributed by atoms with E-state index in [1.807, 2.05) is 0 Å². The van der Waals surface area contributed by atoms with Gasteiger partial charge in [0.2, 0.25) is 10.0 Å². The predicted octanol–water partition coefficient (Wildman–Crippen LogP) is 2.79. The summed E-state index contributed by atoms with van der Waals surface area (Å²) >= 11 is 0. The number of carbonyl (C=O) groups excluding carboxylic acids is 2. The topological polar surface area (TPSA) is 114 Å². The fourth-order valence-electron chi connectivity index (χ4n) is 2.95. The third kappa shape index (κ3) is 5.51. The van der Waals surface area contributed by atoms with E-state index >= 15 is 0 Å². The van der Waals surface area contributed by atoms with Crippen molar-refractivity contribution in [2.75, 3.05) is 19.5 Å². The van der Waals surface area contributed by atoms with E-state index in [1.165, 1.54) is 19.2 Å². The molecule has 3 rings (SSSR count). The molecule has 0 bridgehead atoms. The van der Waals surface area contributed by atoms with Crippen molar-refractivity contribution in [2.45, 2.75) is 11.4 Å². The number of rotatable bonds is 8. The maximum atomic E-state index is 12.8. The van der Waals surface area contributed by atoms with Gasteiger partial charge in [-0.15, -0.1) is 0 Å². The summed E-state index contributed by atoms with van der Waals surface area (Å²) < 4.78 is 31.3. The molecule has 0 aliphatic heterocycles. The minimum Gasteiger partial charge on any atom is -0.497 e. The second kappa shape index (κ2) is 10.1. The van der Waals surface area contributed by atoms with Gasteiger partial charge in [0.25, 0.3) is 11.8 Å². The summed E-state index contributed by atoms with van der Waals surface area (Å²) in [5, 5.41) is 5.51. The van der Waals surface area contributed by atoms with Crippen LogP contribution in [-0.2, 0) is 16.6 Å². The molecule has 166 valence electrons. The van der Waals surface area contributed by atoms with Gasteiger partial charge in [0.05, 0.1) is 23.3 Å². The molecule has 0 unspecified atom stereocenters. The van der Waals surface area contributed by atoms with Crippen LogP contribution in [0.4, 0.5) is 5.69 Å². The molecule has 0 spiro atoms. The lowest BCUT2D eigenvalue weighted by Crippen LogP contribution is -2.25. The first kappa shape index (κ1) is 23.0. The summed E-state index contributed by atoms with van der Waals surface area (Å²) in [6, 6.07) is 19.5. The molecule has 0 aliphatic rings. The number of nitrogens with one attached hydrogen (secondary N) is 3. The minimum atomic E-state index is -3.58. The van der Waals surface area contributed by atoms with Gasteiger partial charge in [0.1, 0.15) is 5.75 Å². The Morgan fingerprint density at radius 3 is 2.31 bits per heavy atom. The van der Waals surface area contributed by atoms with Gasteiger partial charge in [0, 0.05) is 12.1 Å². The van der Waals surface area contributed by atoms with Crippen LogP contribution < -0.4 is 20.1 Å². The molecule has 3 aromatic carbocycles. The van der Waals surface area contributed by atoms with Crippen LogP contribution in [0.3, 0.4) is 0 Å². The first-order valence-corrected chi connectivity index (χ1v) is 11.2. The van der Waals surface area contributed by atoms with Gasteiger partial charge < -0.3 is 15.4 Å². The van der Waals surface area contributed by atoms with Crippen LogP contribution in [0.15, 0.2) is 77.7 Å². The standard InChI is InChI=1S/C23H23N3O5S/c1-24-32(29,30)19-7-5-6-16(14-19)15-25-23(28)20-8-3-4-9-21(20)26-22(27)17-10-12-18(31-2)13-11-17/h3-14,24H,15H2,1-2H3,(H,25,28)(H,26,27). The van der Waals surface area contributed by atoms with E-state index in [0.717, 1.165) is 0 Å². The molecule has 8 nitrogen and oxygen atoms in total. The van der Waals surface area contributed by atoms with Gasteiger partial charge >= 0.3 is 0 Å². The van der Waals surface area contributed by atoms with Crippen LogP contribution in [0.5, 0.6) is 5.75 Å². The Bertz CT molecular complexity index is 1220. The lowest BCUT2D eigenvalue weighted by atomic mass is 10.1. The molecule has 32 heavy (non-hydrogen) atoms. The smallest absolute Gasteiger partial charge is 0.255 e. The van der Waals surface area contributed by atoms with Crippen molar-refractivity contribution in [3.05, 3.63) is 89.5 Å². The van der Waals surface area contributed by atoms with Crippen LogP contribution in [0, 0.1) is 0 Å². The number of benzene rings is 3. The zero-order valence-electron chi connectivity index (χ0n) is 17.6. The molecule has 9 heteroatoms. The highest BCUT2D eigenvalue weighted by Gasteiger charge is 2.15. The zero-order chi connectivity index (χ0) is 23.1. The largest absolute Gasteiger partial charge is 0.497 e. The van der Waals surface area contributed by atoms with Gasteiger partial charge in [-0.3, -0.25) is 9.59 Å². The molecule has 3 aromatic rings. The molecular formula is C23H23N3O5S. The van der Waals surface area contributed by atoms with Gasteiger partial charge in [-0.2, -0.15) is 0 Å². The van der Waals surface area contributed by atoms with E-state index in [2.05, 4.69) is 15.4 Å². The third-order valence-electron chi connectivity index (χ3n) is 4.70. The van der Waals surface area contributed by atoms with Crippen molar-refractivity contribution in [3.8, 4) is 5.75 Å². The fraction of sp³-hybridized carbons (Fsp3) is 0.130. The molecule has 0 saturated heterocycles. The molecule has 0 heterocycles. The summed E-state index contributed by atoms with van der Waals surface area (Å²) in [4.78, 5) is 25.5. The Morgan fingerprint density at radius 1 is 0.906 bits per heavy atom. The van der Waals surface area contributed by atoms with Crippen LogP contribution in [0.25, 0.3) is 0 Å². The van der Waals surface area contributed by atoms with Gasteiger partial charge in [0.15, 0.2) is 0 Å². The van der Waals surface area contributed by atoms with Crippen molar-refractivity contribution in [1.82, 2.24) is 10.0 Å². The summed E-state index contributed by atoms with van der Waals surface area (Å²) in [5.41, 5.74) is 1.68. The first-order chi connectivity index (χ1) is 15.3. The number of carbonyl (C=O) groups is 2. The SMILES string of the molecule is CNS(=O)(=O)c1cccc(CNC(=O)c2ccccc2NC(=O)c2ccc(OC)cc2)c1. The summed E-state index contributed by atoms with van der Waals surface area (Å²) in [7, 11) is -0.705. The van der Waals surface area contributed by atoms with E-state index in [-0.39, 0.29) is 22.9 Å². The van der Waals surface area contributed by atoms with Crippen molar-refractivity contribution < 1.29 is 22.7 Å². The molecule has 3 N–H and O–H groups in total. The van der Waals surface area contributed by atoms with E-state index in [9.17, 15) is 18.0 Å². The molecule has 0 radical (unpaired) electrons. The maximum absolute atomic E-state index is 12.8. The minimum absolute atomic E-state index is 0.110. The fourth-order valence-corrected chi connectivity index (χ4v) is 3.74. The van der Waals surface area contributed by atoms with Crippen molar-refractivity contribution in [1.29, 1.82) is 0 Å². The highest BCUT2D eigenvalue weighted by atomic mass is 32.2. The number of anilines is 1. The van der Waals surface area contributed by atoms with E-state index in [4.69, 9.17) is 4.74 Å². The highest BCUT2D eigenvalue weighted by molar-refractivity contribution is 7.89. The Morgan fingerprint density at radius 2 is 1.62 bits per heavy atom. The second-order valence-corrected chi connectivity index (χ2v) is 8.65. The van der Waals surface area contributed by atoms with Crippen molar-refractivity contribution in [2.24, 2.45) is 0 Å². The predicted molar refractivity (Wildman–Crippen MR) is 121 cm³/mol. The average molecular weight is 454 g/mol. The van der Waals surface area contributed by atoms with Crippen LogP contribution >= 0.6 is 0 Å². The molecule has 0 fully saturated rings. The summed E-state index contributed by atoms with van der Waals surface area (Å²) in [6.07, 6.45) is 0. The average Bonchev–Trinajstić information content (AvgIpc) is 2.83. The molecule has 0 aliphatic carbocycles. The lowest BCUT2D eigenvalue weighted by molar-refractivity contribution is 0.0951. The molecular weight excluding hydrogens is 430 g/mol. The normalized spacial score (nSPS) is 10.9. The Labute approximate surface area is 186 Å². The van der Waals surface area contributed by atoms with Crippen molar-refractivity contribution >= 4 is 27.5 Å². The molecule has 0 saturated carbocycles. The first-order valence-electron chi connectivity index (χ1n) is 9.69. The van der Waals surface area contributed by atoms with Gasteiger partial charge in [-0.05, 0) is 61.1 Å².